The molecular formula is C12H22O9. The van der Waals surface area contributed by atoms with Crippen LogP contribution in [0.3, 0.4) is 0 Å². The van der Waals surface area contributed by atoms with E-state index in [-0.39, 0.29) is 0 Å². The summed E-state index contributed by atoms with van der Waals surface area (Å²) in [5.41, 5.74) is 0. The van der Waals surface area contributed by atoms with Gasteiger partial charge in [0.05, 0.1) is 12.2 Å². The minimum Gasteiger partial charge on any atom is -0.388 e. The first-order chi connectivity index (χ1) is 9.73. The maximum atomic E-state index is 9.91. The molecule has 124 valence electrons. The number of rotatable bonds is 2. The first-order valence-corrected chi connectivity index (χ1v) is 6.78. The third kappa shape index (κ3) is 3.21. The first-order valence-electron chi connectivity index (χ1n) is 6.78. The monoisotopic (exact) mass is 310 g/mol. The van der Waals surface area contributed by atoms with Gasteiger partial charge in [0.1, 0.15) is 36.6 Å². The summed E-state index contributed by atoms with van der Waals surface area (Å²) in [6.45, 7) is 3.00. The Bertz CT molecular complexity index is 354. The van der Waals surface area contributed by atoms with Crippen LogP contribution in [0.25, 0.3) is 0 Å². The second kappa shape index (κ2) is 6.41. The molecule has 2 saturated heterocycles. The van der Waals surface area contributed by atoms with Gasteiger partial charge in [0.2, 0.25) is 0 Å². The van der Waals surface area contributed by atoms with Gasteiger partial charge in [-0.3, -0.25) is 0 Å². The van der Waals surface area contributed by atoms with Crippen molar-refractivity contribution in [1.29, 1.82) is 0 Å². The van der Waals surface area contributed by atoms with Crippen LogP contribution in [-0.2, 0) is 14.2 Å². The van der Waals surface area contributed by atoms with Gasteiger partial charge in [-0.15, -0.1) is 0 Å². The maximum absolute atomic E-state index is 9.91. The molecule has 6 N–H and O–H groups in total. The van der Waals surface area contributed by atoms with Crippen LogP contribution < -0.4 is 0 Å². The van der Waals surface area contributed by atoms with Gasteiger partial charge < -0.3 is 44.8 Å². The fourth-order valence-corrected chi connectivity index (χ4v) is 2.49. The molecule has 9 nitrogen and oxygen atoms in total. The zero-order valence-corrected chi connectivity index (χ0v) is 11.7. The quantitative estimate of drug-likeness (QED) is 0.308. The van der Waals surface area contributed by atoms with Crippen molar-refractivity contribution in [2.24, 2.45) is 0 Å². The lowest BCUT2D eigenvalue weighted by molar-refractivity contribution is -0.348. The summed E-state index contributed by atoms with van der Waals surface area (Å²) in [5.74, 6) is 0. The van der Waals surface area contributed by atoms with Gasteiger partial charge in [0.25, 0.3) is 0 Å². The van der Waals surface area contributed by atoms with E-state index in [4.69, 9.17) is 14.2 Å². The number of hydrogen-bond acceptors (Lipinski definition) is 9. The fourth-order valence-electron chi connectivity index (χ4n) is 2.49. The summed E-state index contributed by atoms with van der Waals surface area (Å²) in [5, 5.41) is 58.0. The molecule has 0 aromatic rings. The van der Waals surface area contributed by atoms with E-state index in [1.807, 2.05) is 0 Å². The molecule has 0 unspecified atom stereocenters. The molecule has 0 saturated carbocycles. The molecule has 0 aromatic carbocycles. The van der Waals surface area contributed by atoms with E-state index in [9.17, 15) is 30.6 Å². The van der Waals surface area contributed by atoms with Crippen molar-refractivity contribution in [2.75, 3.05) is 0 Å². The van der Waals surface area contributed by atoms with Crippen molar-refractivity contribution < 1.29 is 44.8 Å². The van der Waals surface area contributed by atoms with Crippen LogP contribution in [0.4, 0.5) is 0 Å². The Labute approximate surface area is 121 Å². The van der Waals surface area contributed by atoms with Crippen molar-refractivity contribution in [3.05, 3.63) is 0 Å². The first kappa shape index (κ1) is 17.0. The molecule has 2 fully saturated rings. The summed E-state index contributed by atoms with van der Waals surface area (Å²) in [6.07, 6.45) is -12.8. The van der Waals surface area contributed by atoms with Gasteiger partial charge in [-0.2, -0.15) is 0 Å². The lowest BCUT2D eigenvalue weighted by Gasteiger charge is -2.44. The maximum Gasteiger partial charge on any atom is 0.187 e. The van der Waals surface area contributed by atoms with Crippen LogP contribution in [0.2, 0.25) is 0 Å². The van der Waals surface area contributed by atoms with Crippen LogP contribution in [0.1, 0.15) is 13.8 Å². The average Bonchev–Trinajstić information content (AvgIpc) is 2.44. The predicted octanol–water partition coefficient (Wildman–Crippen LogP) is -3.34. The summed E-state index contributed by atoms with van der Waals surface area (Å²) < 4.78 is 15.6. The summed E-state index contributed by atoms with van der Waals surface area (Å²) in [7, 11) is 0. The Morgan fingerprint density at radius 3 is 1.90 bits per heavy atom. The highest BCUT2D eigenvalue weighted by Gasteiger charge is 2.48. The van der Waals surface area contributed by atoms with E-state index in [0.29, 0.717) is 0 Å². The molecule has 2 aliphatic heterocycles. The molecule has 0 amide bonds. The third-order valence-corrected chi connectivity index (χ3v) is 3.90. The van der Waals surface area contributed by atoms with E-state index >= 15 is 0 Å². The number of hydrogen-bond donors (Lipinski definition) is 6. The van der Waals surface area contributed by atoms with Crippen LogP contribution in [-0.4, -0.2) is 92.1 Å². The van der Waals surface area contributed by atoms with E-state index in [1.54, 1.807) is 0 Å². The topological polar surface area (TPSA) is 149 Å². The Morgan fingerprint density at radius 1 is 0.667 bits per heavy atom. The largest absolute Gasteiger partial charge is 0.388 e. The SMILES string of the molecule is C[C@H]1O[C@@H](O[C@@H]2[C@@H](O)[C@@H](O)[C@H](O)O[C@@H]2C)[C@H](O)[C@H](O)[C@H]1O. The van der Waals surface area contributed by atoms with Crippen molar-refractivity contribution in [3.8, 4) is 0 Å². The second-order valence-corrected chi connectivity index (χ2v) is 5.50. The number of aliphatic hydroxyl groups is 6. The second-order valence-electron chi connectivity index (χ2n) is 5.50. The molecule has 2 heterocycles. The average molecular weight is 310 g/mol. The minimum absolute atomic E-state index is 0.784. The van der Waals surface area contributed by atoms with Crippen LogP contribution >= 0.6 is 0 Å². The Kier molecular flexibility index (Phi) is 5.19. The molecule has 0 aliphatic carbocycles. The summed E-state index contributed by atoms with van der Waals surface area (Å²) in [6, 6.07) is 0. The lowest BCUT2D eigenvalue weighted by atomic mass is 9.98. The Balaban J connectivity index is 2.06. The van der Waals surface area contributed by atoms with Crippen LogP contribution in [0, 0.1) is 0 Å². The van der Waals surface area contributed by atoms with Crippen molar-refractivity contribution in [1.82, 2.24) is 0 Å². The molecule has 21 heavy (non-hydrogen) atoms. The highest BCUT2D eigenvalue weighted by molar-refractivity contribution is 4.91. The van der Waals surface area contributed by atoms with E-state index in [2.05, 4.69) is 0 Å². The summed E-state index contributed by atoms with van der Waals surface area (Å²) in [4.78, 5) is 0. The Morgan fingerprint density at radius 2 is 1.29 bits per heavy atom. The van der Waals surface area contributed by atoms with Gasteiger partial charge in [-0.05, 0) is 13.8 Å². The van der Waals surface area contributed by atoms with Crippen LogP contribution in [0.5, 0.6) is 0 Å². The van der Waals surface area contributed by atoms with Gasteiger partial charge in [-0.1, -0.05) is 0 Å². The van der Waals surface area contributed by atoms with Crippen LogP contribution in [0.15, 0.2) is 0 Å². The molecular weight excluding hydrogens is 288 g/mol. The summed E-state index contributed by atoms with van der Waals surface area (Å²) >= 11 is 0. The van der Waals surface area contributed by atoms with Gasteiger partial charge in [0, 0.05) is 0 Å². The normalized spacial score (nSPS) is 55.4. The third-order valence-electron chi connectivity index (χ3n) is 3.90. The highest BCUT2D eigenvalue weighted by atomic mass is 16.7. The van der Waals surface area contributed by atoms with Crippen molar-refractivity contribution >= 4 is 0 Å². The molecule has 0 bridgehead atoms. The lowest BCUT2D eigenvalue weighted by Crippen LogP contribution is -2.62. The molecule has 9 heteroatoms. The van der Waals surface area contributed by atoms with E-state index in [0.717, 1.165) is 0 Å². The van der Waals surface area contributed by atoms with E-state index < -0.39 is 61.4 Å². The minimum atomic E-state index is -1.57. The van der Waals surface area contributed by atoms with Crippen molar-refractivity contribution in [3.63, 3.8) is 0 Å². The zero-order valence-electron chi connectivity index (χ0n) is 11.7. The van der Waals surface area contributed by atoms with E-state index in [1.165, 1.54) is 13.8 Å². The standard InChI is InChI=1S/C12H22O9/c1-3-5(13)6(14)9(17)12(20-3)21-10-4(2)19-11(18)8(16)7(10)15/h3-18H,1-2H3/t3-,4-,5+,6-,7+,8-,9-,10+,11-,12+/m1/s1. The molecule has 0 aromatic heterocycles. The number of ether oxygens (including phenoxy) is 3. The molecule has 2 rings (SSSR count). The van der Waals surface area contributed by atoms with Crippen molar-refractivity contribution in [2.45, 2.75) is 75.3 Å². The molecule has 2 aliphatic rings. The smallest absolute Gasteiger partial charge is 0.187 e. The van der Waals surface area contributed by atoms with Gasteiger partial charge >= 0.3 is 0 Å². The Hall–Kier alpha value is -0.360. The molecule has 10 atom stereocenters. The molecule has 0 radical (unpaired) electrons. The van der Waals surface area contributed by atoms with Gasteiger partial charge in [-0.25, -0.2) is 0 Å². The number of aliphatic hydroxyl groups excluding tert-OH is 6. The molecule has 0 spiro atoms. The fraction of sp³-hybridized carbons (Fsp3) is 1.00. The van der Waals surface area contributed by atoms with Gasteiger partial charge in [0.15, 0.2) is 12.6 Å². The highest BCUT2D eigenvalue weighted by Crippen LogP contribution is 2.28. The zero-order chi connectivity index (χ0) is 15.9. The predicted molar refractivity (Wildman–Crippen MR) is 65.8 cm³/mol.